The van der Waals surface area contributed by atoms with Gasteiger partial charge in [0.15, 0.2) is 0 Å². The van der Waals surface area contributed by atoms with Gasteiger partial charge in [-0.2, -0.15) is 0 Å². The van der Waals surface area contributed by atoms with Crippen molar-refractivity contribution < 1.29 is 0 Å². The van der Waals surface area contributed by atoms with E-state index < -0.39 is 0 Å². The molecule has 1 aliphatic rings. The summed E-state index contributed by atoms with van der Waals surface area (Å²) < 4.78 is 0. The molecular formula is C14H21N3. The topological polar surface area (TPSA) is 19.4 Å². The predicted octanol–water partition coefficient (Wildman–Crippen LogP) is 2.17. The summed E-state index contributed by atoms with van der Waals surface area (Å²) in [6, 6.07) is 2.18. The number of piperazine rings is 1. The molecule has 0 saturated carbocycles. The van der Waals surface area contributed by atoms with Crippen LogP contribution in [0.4, 0.5) is 5.82 Å². The van der Waals surface area contributed by atoms with Crippen LogP contribution in [-0.2, 0) is 0 Å². The van der Waals surface area contributed by atoms with E-state index in [1.807, 2.05) is 13.1 Å². The van der Waals surface area contributed by atoms with Gasteiger partial charge in [-0.05, 0) is 43.7 Å². The zero-order valence-electron chi connectivity index (χ0n) is 11.0. The minimum Gasteiger partial charge on any atom is -0.354 e. The van der Waals surface area contributed by atoms with E-state index in [2.05, 4.69) is 41.4 Å². The monoisotopic (exact) mass is 231 g/mol. The number of rotatable bonds is 2. The molecule has 0 amide bonds. The Balaban J connectivity index is 2.17. The maximum Gasteiger partial charge on any atom is 0.128 e. The lowest BCUT2D eigenvalue weighted by Crippen LogP contribution is -2.44. The Morgan fingerprint density at radius 2 is 1.94 bits per heavy atom. The van der Waals surface area contributed by atoms with Crippen molar-refractivity contribution in [2.45, 2.75) is 13.8 Å². The highest BCUT2D eigenvalue weighted by Crippen LogP contribution is 2.21. The fourth-order valence-corrected chi connectivity index (χ4v) is 2.20. The van der Waals surface area contributed by atoms with Crippen molar-refractivity contribution in [3.05, 3.63) is 30.0 Å². The highest BCUT2D eigenvalue weighted by molar-refractivity contribution is 5.65. The summed E-state index contributed by atoms with van der Waals surface area (Å²) in [7, 11) is 2.17. The summed E-state index contributed by atoms with van der Waals surface area (Å²) in [6.07, 6.45) is 1.95. The molecule has 0 radical (unpaired) electrons. The summed E-state index contributed by atoms with van der Waals surface area (Å²) >= 11 is 0. The maximum absolute atomic E-state index is 4.56. The third-order valence-corrected chi connectivity index (χ3v) is 3.38. The third-order valence-electron chi connectivity index (χ3n) is 3.38. The molecule has 0 aliphatic carbocycles. The number of hydrogen-bond acceptors (Lipinski definition) is 3. The van der Waals surface area contributed by atoms with Gasteiger partial charge >= 0.3 is 0 Å². The second-order valence-corrected chi connectivity index (χ2v) is 4.93. The summed E-state index contributed by atoms with van der Waals surface area (Å²) in [5.41, 5.74) is 3.52. The Morgan fingerprint density at radius 3 is 2.47 bits per heavy atom. The van der Waals surface area contributed by atoms with Crippen LogP contribution >= 0.6 is 0 Å². The summed E-state index contributed by atoms with van der Waals surface area (Å²) in [4.78, 5) is 9.27. The Bertz CT molecular complexity index is 417. The number of pyridine rings is 1. The fourth-order valence-electron chi connectivity index (χ4n) is 2.20. The van der Waals surface area contributed by atoms with Crippen molar-refractivity contribution in [2.24, 2.45) is 0 Å². The molecule has 2 rings (SSSR count). The number of nitrogens with zero attached hydrogens (tertiary/aromatic N) is 3. The van der Waals surface area contributed by atoms with Gasteiger partial charge in [0.25, 0.3) is 0 Å². The van der Waals surface area contributed by atoms with E-state index in [1.165, 1.54) is 11.1 Å². The van der Waals surface area contributed by atoms with Gasteiger partial charge in [-0.15, -0.1) is 0 Å². The number of aryl methyl sites for hydroxylation is 1. The first-order valence-electron chi connectivity index (χ1n) is 6.14. The van der Waals surface area contributed by atoms with Crippen LogP contribution in [0.15, 0.2) is 18.8 Å². The van der Waals surface area contributed by atoms with Gasteiger partial charge in [-0.1, -0.05) is 6.58 Å². The lowest BCUT2D eigenvalue weighted by Gasteiger charge is -2.33. The standard InChI is InChI=1S/C14H21N3/c1-11(2)13-10-15-14(9-12(13)3)17-7-5-16(4)6-8-17/h9-10H,1,5-8H2,2-4H3. The molecule has 0 aromatic carbocycles. The average molecular weight is 231 g/mol. The van der Waals surface area contributed by atoms with Gasteiger partial charge in [0.05, 0.1) is 0 Å². The number of allylic oxidation sites excluding steroid dienone is 1. The summed E-state index contributed by atoms with van der Waals surface area (Å²) in [5, 5.41) is 0. The minimum atomic E-state index is 1.06. The SMILES string of the molecule is C=C(C)c1cnc(N2CCN(C)CC2)cc1C. The van der Waals surface area contributed by atoms with Crippen LogP contribution in [0.3, 0.4) is 0 Å². The lowest BCUT2D eigenvalue weighted by atomic mass is 10.1. The molecule has 0 atom stereocenters. The molecule has 1 aromatic rings. The summed E-state index contributed by atoms with van der Waals surface area (Å²) in [5.74, 6) is 1.10. The highest BCUT2D eigenvalue weighted by atomic mass is 15.3. The zero-order chi connectivity index (χ0) is 12.4. The van der Waals surface area contributed by atoms with Gasteiger partial charge in [-0.3, -0.25) is 0 Å². The van der Waals surface area contributed by atoms with Gasteiger partial charge < -0.3 is 9.80 Å². The second-order valence-electron chi connectivity index (χ2n) is 4.93. The molecule has 0 unspecified atom stereocenters. The second kappa shape index (κ2) is 4.88. The molecule has 0 bridgehead atoms. The van der Waals surface area contributed by atoms with E-state index in [1.54, 1.807) is 0 Å². The molecule has 0 N–H and O–H groups in total. The van der Waals surface area contributed by atoms with Crippen LogP contribution in [0.25, 0.3) is 5.57 Å². The van der Waals surface area contributed by atoms with Crippen LogP contribution in [0, 0.1) is 6.92 Å². The average Bonchev–Trinajstić information content (AvgIpc) is 2.29. The molecule has 3 heteroatoms. The normalized spacial score (nSPS) is 17.2. The Kier molecular flexibility index (Phi) is 3.48. The molecule has 3 nitrogen and oxygen atoms in total. The molecule has 1 saturated heterocycles. The first-order chi connectivity index (χ1) is 8.08. The van der Waals surface area contributed by atoms with E-state index in [0.29, 0.717) is 0 Å². The van der Waals surface area contributed by atoms with Crippen molar-refractivity contribution >= 4 is 11.4 Å². The number of likely N-dealkylation sites (N-methyl/N-ethyl adjacent to an activating group) is 1. The smallest absolute Gasteiger partial charge is 0.128 e. The molecule has 1 fully saturated rings. The van der Waals surface area contributed by atoms with Gasteiger partial charge in [0.2, 0.25) is 0 Å². The zero-order valence-corrected chi connectivity index (χ0v) is 11.0. The molecule has 1 aliphatic heterocycles. The third kappa shape index (κ3) is 2.67. The number of anilines is 1. The van der Waals surface area contributed by atoms with E-state index in [-0.39, 0.29) is 0 Å². The molecule has 92 valence electrons. The lowest BCUT2D eigenvalue weighted by molar-refractivity contribution is 0.312. The predicted molar refractivity (Wildman–Crippen MR) is 73.4 cm³/mol. The quantitative estimate of drug-likeness (QED) is 0.777. The Morgan fingerprint density at radius 1 is 1.29 bits per heavy atom. The van der Waals surface area contributed by atoms with E-state index in [4.69, 9.17) is 0 Å². The highest BCUT2D eigenvalue weighted by Gasteiger charge is 2.15. The molecule has 0 spiro atoms. The van der Waals surface area contributed by atoms with Crippen LogP contribution in [0.2, 0.25) is 0 Å². The van der Waals surface area contributed by atoms with Crippen molar-refractivity contribution in [1.82, 2.24) is 9.88 Å². The van der Waals surface area contributed by atoms with E-state index in [0.717, 1.165) is 37.6 Å². The molecule has 1 aromatic heterocycles. The Labute approximate surface area is 104 Å². The van der Waals surface area contributed by atoms with Gasteiger partial charge in [0, 0.05) is 32.4 Å². The number of aromatic nitrogens is 1. The van der Waals surface area contributed by atoms with Crippen LogP contribution in [0.1, 0.15) is 18.1 Å². The van der Waals surface area contributed by atoms with Crippen molar-refractivity contribution in [1.29, 1.82) is 0 Å². The largest absolute Gasteiger partial charge is 0.354 e. The molecule has 17 heavy (non-hydrogen) atoms. The van der Waals surface area contributed by atoms with Crippen molar-refractivity contribution in [3.63, 3.8) is 0 Å². The molecule has 2 heterocycles. The van der Waals surface area contributed by atoms with Gasteiger partial charge in [0.1, 0.15) is 5.82 Å². The summed E-state index contributed by atoms with van der Waals surface area (Å²) in [6.45, 7) is 12.5. The van der Waals surface area contributed by atoms with Crippen molar-refractivity contribution in [3.8, 4) is 0 Å². The molecular weight excluding hydrogens is 210 g/mol. The van der Waals surface area contributed by atoms with Crippen molar-refractivity contribution in [2.75, 3.05) is 38.1 Å². The number of hydrogen-bond donors (Lipinski definition) is 0. The maximum atomic E-state index is 4.56. The van der Waals surface area contributed by atoms with Crippen LogP contribution in [-0.4, -0.2) is 43.1 Å². The van der Waals surface area contributed by atoms with E-state index in [9.17, 15) is 0 Å². The van der Waals surface area contributed by atoms with Crippen LogP contribution in [0.5, 0.6) is 0 Å². The Hall–Kier alpha value is -1.35. The fraction of sp³-hybridized carbons (Fsp3) is 0.500. The van der Waals surface area contributed by atoms with E-state index >= 15 is 0 Å². The van der Waals surface area contributed by atoms with Gasteiger partial charge in [-0.25, -0.2) is 4.98 Å². The minimum absolute atomic E-state index is 1.06. The first kappa shape index (κ1) is 12.1. The van der Waals surface area contributed by atoms with Crippen LogP contribution < -0.4 is 4.90 Å². The first-order valence-corrected chi connectivity index (χ1v) is 6.14.